The molecule has 2 aromatic carbocycles. The summed E-state index contributed by atoms with van der Waals surface area (Å²) in [6, 6.07) is 14.1. The largest absolute Gasteiger partial charge is 0.342 e. The van der Waals surface area contributed by atoms with Gasteiger partial charge >= 0.3 is 0 Å². The average Bonchev–Trinajstić information content (AvgIpc) is 3.17. The lowest BCUT2D eigenvalue weighted by Gasteiger charge is -2.16. The Morgan fingerprint density at radius 1 is 1.19 bits per heavy atom. The van der Waals surface area contributed by atoms with E-state index in [4.69, 9.17) is 11.6 Å². The zero-order valence-corrected chi connectivity index (χ0v) is 19.4. The second kappa shape index (κ2) is 11.0. The van der Waals surface area contributed by atoms with Crippen LogP contribution in [0.4, 0.5) is 5.69 Å². The van der Waals surface area contributed by atoms with Crippen LogP contribution in [-0.4, -0.2) is 32.3 Å². The van der Waals surface area contributed by atoms with Gasteiger partial charge in [-0.15, -0.1) is 16.8 Å². The van der Waals surface area contributed by atoms with E-state index in [0.29, 0.717) is 33.8 Å². The van der Waals surface area contributed by atoms with Crippen molar-refractivity contribution >= 4 is 40.9 Å². The number of hydrogen-bond acceptors (Lipinski definition) is 5. The minimum Gasteiger partial charge on any atom is -0.342 e. The van der Waals surface area contributed by atoms with E-state index < -0.39 is 0 Å². The number of aromatic nitrogens is 3. The number of rotatable bonds is 9. The molecule has 3 rings (SSSR count). The maximum absolute atomic E-state index is 12.7. The maximum Gasteiger partial charge on any atom is 0.252 e. The summed E-state index contributed by atoms with van der Waals surface area (Å²) in [5.41, 5.74) is 2.06. The number of hydrogen-bond donors (Lipinski definition) is 2. The number of carbonyl (C=O) groups is 2. The van der Waals surface area contributed by atoms with Crippen molar-refractivity contribution < 1.29 is 9.59 Å². The Morgan fingerprint density at radius 2 is 1.91 bits per heavy atom. The van der Waals surface area contributed by atoms with Crippen molar-refractivity contribution in [1.82, 2.24) is 20.1 Å². The van der Waals surface area contributed by atoms with Gasteiger partial charge in [0.2, 0.25) is 5.91 Å². The van der Waals surface area contributed by atoms with E-state index >= 15 is 0 Å². The molecule has 0 aliphatic rings. The zero-order valence-electron chi connectivity index (χ0n) is 17.8. The monoisotopic (exact) mass is 469 g/mol. The summed E-state index contributed by atoms with van der Waals surface area (Å²) < 4.78 is 1.84. The smallest absolute Gasteiger partial charge is 0.252 e. The molecule has 0 saturated carbocycles. The summed E-state index contributed by atoms with van der Waals surface area (Å²) in [7, 11) is 0. The number of allylic oxidation sites excluding steroid dienone is 1. The van der Waals surface area contributed by atoms with Gasteiger partial charge in [0.1, 0.15) is 0 Å². The predicted octanol–water partition coefficient (Wildman–Crippen LogP) is 4.65. The predicted molar refractivity (Wildman–Crippen MR) is 128 cm³/mol. The lowest BCUT2D eigenvalue weighted by Crippen LogP contribution is -2.29. The van der Waals surface area contributed by atoms with Gasteiger partial charge in [0, 0.05) is 12.1 Å². The Hall–Kier alpha value is -3.10. The van der Waals surface area contributed by atoms with Crippen LogP contribution in [0.1, 0.15) is 34.7 Å². The molecule has 0 saturated heterocycles. The fourth-order valence-electron chi connectivity index (χ4n) is 3.07. The Balaban J connectivity index is 1.68. The van der Waals surface area contributed by atoms with Crippen LogP contribution in [0.25, 0.3) is 0 Å². The van der Waals surface area contributed by atoms with Crippen LogP contribution in [0.15, 0.2) is 66.3 Å². The molecule has 0 aliphatic carbocycles. The Kier molecular flexibility index (Phi) is 8.08. The lowest BCUT2D eigenvalue weighted by molar-refractivity contribution is -0.113. The Morgan fingerprint density at radius 3 is 2.62 bits per heavy atom. The number of aryl methyl sites for hydroxylation is 1. The molecule has 0 unspecified atom stereocenters. The molecule has 0 fully saturated rings. The first-order valence-corrected chi connectivity index (χ1v) is 11.3. The van der Waals surface area contributed by atoms with E-state index in [2.05, 4.69) is 27.4 Å². The number of anilines is 1. The molecule has 2 amide bonds. The van der Waals surface area contributed by atoms with E-state index in [9.17, 15) is 9.59 Å². The Bertz CT molecular complexity index is 1130. The summed E-state index contributed by atoms with van der Waals surface area (Å²) >= 11 is 7.34. The van der Waals surface area contributed by atoms with Crippen LogP contribution in [0.5, 0.6) is 0 Å². The number of para-hydroxylation sites is 1. The van der Waals surface area contributed by atoms with Gasteiger partial charge in [0.15, 0.2) is 11.0 Å². The minimum absolute atomic E-state index is 0.129. The molecule has 0 spiro atoms. The molecule has 0 aliphatic heterocycles. The number of carbonyl (C=O) groups excluding carboxylic acids is 2. The van der Waals surface area contributed by atoms with Crippen molar-refractivity contribution in [1.29, 1.82) is 0 Å². The minimum atomic E-state index is -0.388. The van der Waals surface area contributed by atoms with E-state index in [1.54, 1.807) is 36.4 Å². The molecule has 7 nitrogen and oxygen atoms in total. The van der Waals surface area contributed by atoms with Gasteiger partial charge in [-0.3, -0.25) is 9.59 Å². The highest BCUT2D eigenvalue weighted by Crippen LogP contribution is 2.23. The molecule has 166 valence electrons. The molecule has 9 heteroatoms. The third-order valence-electron chi connectivity index (χ3n) is 4.66. The van der Waals surface area contributed by atoms with Gasteiger partial charge in [-0.05, 0) is 37.6 Å². The molecule has 3 aromatic rings. The summed E-state index contributed by atoms with van der Waals surface area (Å²) in [5, 5.41) is 15.3. The molecule has 1 atom stereocenters. The van der Waals surface area contributed by atoms with Crippen molar-refractivity contribution in [3.05, 3.63) is 83.2 Å². The van der Waals surface area contributed by atoms with Crippen LogP contribution < -0.4 is 10.6 Å². The Labute approximate surface area is 196 Å². The van der Waals surface area contributed by atoms with Gasteiger partial charge in [-0.25, -0.2) is 0 Å². The van der Waals surface area contributed by atoms with Gasteiger partial charge in [0.05, 0.1) is 22.5 Å². The number of benzene rings is 2. The van der Waals surface area contributed by atoms with Crippen LogP contribution in [0.2, 0.25) is 5.02 Å². The first kappa shape index (κ1) is 23.6. The van der Waals surface area contributed by atoms with E-state index in [0.717, 1.165) is 5.56 Å². The van der Waals surface area contributed by atoms with Crippen molar-refractivity contribution in [2.45, 2.75) is 31.6 Å². The highest BCUT2D eigenvalue weighted by molar-refractivity contribution is 7.99. The van der Waals surface area contributed by atoms with Crippen molar-refractivity contribution in [2.75, 3.05) is 11.1 Å². The first-order chi connectivity index (χ1) is 15.4. The standard InChI is InChI=1S/C23H24ClN5O2S/c1-4-13-29-21(16(3)25-22(31)17-10-6-5-9-15(17)2)27-28-23(29)32-14-20(30)26-19-12-8-7-11-18(19)24/h4-12,16H,1,13-14H2,2-3H3,(H,25,31)(H,26,30)/t16-/m0/s1. The normalized spacial score (nSPS) is 11.6. The number of nitrogens with one attached hydrogen (secondary N) is 2. The molecule has 0 bridgehead atoms. The molecular weight excluding hydrogens is 446 g/mol. The highest BCUT2D eigenvalue weighted by atomic mass is 35.5. The van der Waals surface area contributed by atoms with Crippen LogP contribution in [0.3, 0.4) is 0 Å². The zero-order chi connectivity index (χ0) is 23.1. The lowest BCUT2D eigenvalue weighted by atomic mass is 10.1. The van der Waals surface area contributed by atoms with Crippen LogP contribution in [0, 0.1) is 6.92 Å². The maximum atomic E-state index is 12.7. The van der Waals surface area contributed by atoms with Gasteiger partial charge < -0.3 is 15.2 Å². The van der Waals surface area contributed by atoms with Crippen molar-refractivity contribution in [3.63, 3.8) is 0 Å². The van der Waals surface area contributed by atoms with Gasteiger partial charge in [-0.1, -0.05) is 59.8 Å². The number of halogens is 1. The summed E-state index contributed by atoms with van der Waals surface area (Å²) in [4.78, 5) is 25.0. The van der Waals surface area contributed by atoms with E-state index in [-0.39, 0.29) is 23.6 Å². The number of thioether (sulfide) groups is 1. The van der Waals surface area contributed by atoms with E-state index in [1.165, 1.54) is 11.8 Å². The molecule has 1 aromatic heterocycles. The third-order valence-corrected chi connectivity index (χ3v) is 5.96. The third kappa shape index (κ3) is 5.77. The molecule has 32 heavy (non-hydrogen) atoms. The summed E-state index contributed by atoms with van der Waals surface area (Å²) in [6.45, 7) is 7.97. The molecule has 1 heterocycles. The fourth-order valence-corrected chi connectivity index (χ4v) is 4.01. The topological polar surface area (TPSA) is 88.9 Å². The van der Waals surface area contributed by atoms with Crippen LogP contribution >= 0.6 is 23.4 Å². The van der Waals surface area contributed by atoms with Gasteiger partial charge in [0.25, 0.3) is 5.91 Å². The second-order valence-corrected chi connectivity index (χ2v) is 8.42. The highest BCUT2D eigenvalue weighted by Gasteiger charge is 2.21. The van der Waals surface area contributed by atoms with Crippen molar-refractivity contribution in [3.8, 4) is 0 Å². The van der Waals surface area contributed by atoms with Gasteiger partial charge in [-0.2, -0.15) is 0 Å². The molecular formula is C23H24ClN5O2S. The van der Waals surface area contributed by atoms with E-state index in [1.807, 2.05) is 36.6 Å². The SMILES string of the molecule is C=CCn1c(SCC(=O)Nc2ccccc2Cl)nnc1[C@H](C)NC(=O)c1ccccc1C. The molecule has 0 radical (unpaired) electrons. The fraction of sp³-hybridized carbons (Fsp3) is 0.217. The average molecular weight is 470 g/mol. The summed E-state index contributed by atoms with van der Waals surface area (Å²) in [6.07, 6.45) is 1.72. The van der Waals surface area contributed by atoms with Crippen molar-refractivity contribution in [2.24, 2.45) is 0 Å². The second-order valence-electron chi connectivity index (χ2n) is 7.07. The number of nitrogens with zero attached hydrogens (tertiary/aromatic N) is 3. The van der Waals surface area contributed by atoms with Crippen LogP contribution in [-0.2, 0) is 11.3 Å². The molecule has 2 N–H and O–H groups in total. The number of amides is 2. The quantitative estimate of drug-likeness (QED) is 0.352. The summed E-state index contributed by atoms with van der Waals surface area (Å²) in [5.74, 6) is 0.321. The first-order valence-electron chi connectivity index (χ1n) is 9.98.